The van der Waals surface area contributed by atoms with E-state index in [2.05, 4.69) is 21.5 Å². The summed E-state index contributed by atoms with van der Waals surface area (Å²) in [6.07, 6.45) is 4.08. The van der Waals surface area contributed by atoms with Crippen molar-refractivity contribution in [3.8, 4) is 12.0 Å². The highest BCUT2D eigenvalue weighted by molar-refractivity contribution is 5.61. The molecule has 0 aliphatic rings. The Morgan fingerprint density at radius 1 is 1.60 bits per heavy atom. The maximum absolute atomic E-state index is 10.4. The van der Waals surface area contributed by atoms with E-state index in [1.54, 1.807) is 19.9 Å². The Labute approximate surface area is 59.6 Å². The van der Waals surface area contributed by atoms with Crippen LogP contribution in [-0.4, -0.2) is 6.16 Å². The molecule has 0 radical (unpaired) electrons. The number of carbonyl (C=O) groups is 1. The molecule has 3 heteroatoms. The summed E-state index contributed by atoms with van der Waals surface area (Å²) in [5.74, 6) is 2.38. The molecular weight excluding hydrogens is 132 g/mol. The van der Waals surface area contributed by atoms with Gasteiger partial charge < -0.3 is 9.47 Å². The number of hydrogen-bond donors (Lipinski definition) is 0. The minimum Gasteiger partial charge on any atom is -0.403 e. The quantitative estimate of drug-likeness (QED) is 0.315. The first-order valence-corrected chi connectivity index (χ1v) is 2.71. The number of ether oxygens (including phenoxy) is 2. The van der Waals surface area contributed by atoms with Gasteiger partial charge in [0, 0.05) is 6.92 Å². The SMILES string of the molecule is CC#COC(=O)OC=CC. The Hall–Kier alpha value is -1.43. The van der Waals surface area contributed by atoms with E-state index >= 15 is 0 Å². The minimum absolute atomic E-state index is 0.813. The Morgan fingerprint density at radius 2 is 2.30 bits per heavy atom. The van der Waals surface area contributed by atoms with Crippen LogP contribution in [0.1, 0.15) is 13.8 Å². The van der Waals surface area contributed by atoms with Crippen molar-refractivity contribution in [2.75, 3.05) is 0 Å². The van der Waals surface area contributed by atoms with Crippen LogP contribution >= 0.6 is 0 Å². The fourth-order valence-corrected chi connectivity index (χ4v) is 0.240. The number of hydrogen-bond acceptors (Lipinski definition) is 3. The van der Waals surface area contributed by atoms with E-state index in [9.17, 15) is 4.79 Å². The summed E-state index contributed by atoms with van der Waals surface area (Å²) < 4.78 is 8.57. The van der Waals surface area contributed by atoms with Gasteiger partial charge in [-0.3, -0.25) is 0 Å². The molecule has 0 spiro atoms. The summed E-state index contributed by atoms with van der Waals surface area (Å²) >= 11 is 0. The summed E-state index contributed by atoms with van der Waals surface area (Å²) in [4.78, 5) is 10.4. The van der Waals surface area contributed by atoms with E-state index in [-0.39, 0.29) is 0 Å². The Morgan fingerprint density at radius 3 is 2.80 bits per heavy atom. The monoisotopic (exact) mass is 140 g/mol. The molecule has 3 nitrogen and oxygen atoms in total. The fraction of sp³-hybridized carbons (Fsp3) is 0.286. The highest BCUT2D eigenvalue weighted by Gasteiger charge is 1.95. The second kappa shape index (κ2) is 5.70. The fourth-order valence-electron chi connectivity index (χ4n) is 0.240. The largest absolute Gasteiger partial charge is 0.527 e. The third-order valence-corrected chi connectivity index (χ3v) is 0.537. The van der Waals surface area contributed by atoms with Gasteiger partial charge in [-0.2, -0.15) is 0 Å². The second-order valence-electron chi connectivity index (χ2n) is 1.29. The minimum atomic E-state index is -0.813. The molecule has 0 N–H and O–H groups in total. The van der Waals surface area contributed by atoms with Crippen molar-refractivity contribution in [2.24, 2.45) is 0 Å². The molecule has 0 saturated carbocycles. The topological polar surface area (TPSA) is 35.5 Å². The third kappa shape index (κ3) is 4.72. The Balaban J connectivity index is 3.51. The Kier molecular flexibility index (Phi) is 4.89. The van der Waals surface area contributed by atoms with Crippen LogP contribution in [0.25, 0.3) is 0 Å². The van der Waals surface area contributed by atoms with Crippen LogP contribution in [-0.2, 0) is 9.47 Å². The standard InChI is InChI=1S/C7H8O3/c1-3-5-9-7(8)10-6-4-2/h3,5H,1-2H3. The number of carbonyl (C=O) groups excluding carboxylic acids is 1. The molecular formula is C7H8O3. The second-order valence-corrected chi connectivity index (χ2v) is 1.29. The molecule has 0 aromatic carbocycles. The van der Waals surface area contributed by atoms with Gasteiger partial charge in [0.1, 0.15) is 6.11 Å². The summed E-state index contributed by atoms with van der Waals surface area (Å²) in [7, 11) is 0. The maximum atomic E-state index is 10.4. The zero-order valence-electron chi connectivity index (χ0n) is 5.88. The maximum Gasteiger partial charge on any atom is 0.527 e. The lowest BCUT2D eigenvalue weighted by atomic mass is 10.7. The van der Waals surface area contributed by atoms with E-state index in [0.29, 0.717) is 0 Å². The highest BCUT2D eigenvalue weighted by atomic mass is 16.7. The van der Waals surface area contributed by atoms with Gasteiger partial charge in [-0.15, -0.1) is 0 Å². The first-order chi connectivity index (χ1) is 4.81. The van der Waals surface area contributed by atoms with E-state index in [1.807, 2.05) is 0 Å². The van der Waals surface area contributed by atoms with E-state index in [0.717, 1.165) is 0 Å². The molecule has 0 fully saturated rings. The van der Waals surface area contributed by atoms with Gasteiger partial charge >= 0.3 is 6.16 Å². The summed E-state index contributed by atoms with van der Waals surface area (Å²) in [6.45, 7) is 3.28. The predicted octanol–water partition coefficient (Wildman–Crippen LogP) is 1.65. The van der Waals surface area contributed by atoms with Crippen molar-refractivity contribution >= 4 is 6.16 Å². The van der Waals surface area contributed by atoms with Crippen LogP contribution < -0.4 is 0 Å². The molecule has 0 aromatic rings. The van der Waals surface area contributed by atoms with Crippen LogP contribution in [0.4, 0.5) is 4.79 Å². The van der Waals surface area contributed by atoms with Crippen LogP contribution in [0.2, 0.25) is 0 Å². The van der Waals surface area contributed by atoms with Gasteiger partial charge in [-0.1, -0.05) is 12.0 Å². The van der Waals surface area contributed by atoms with Crippen LogP contribution in [0, 0.1) is 12.0 Å². The van der Waals surface area contributed by atoms with Crippen LogP contribution in [0.5, 0.6) is 0 Å². The molecule has 0 amide bonds. The first kappa shape index (κ1) is 8.57. The lowest BCUT2D eigenvalue weighted by Gasteiger charge is -1.90. The lowest BCUT2D eigenvalue weighted by molar-refractivity contribution is 0.126. The molecule has 10 heavy (non-hydrogen) atoms. The van der Waals surface area contributed by atoms with E-state index in [1.165, 1.54) is 6.26 Å². The molecule has 0 aromatic heterocycles. The van der Waals surface area contributed by atoms with E-state index < -0.39 is 6.16 Å². The summed E-state index contributed by atoms with van der Waals surface area (Å²) in [6, 6.07) is 0. The average molecular weight is 140 g/mol. The van der Waals surface area contributed by atoms with Crippen LogP contribution in [0.3, 0.4) is 0 Å². The van der Waals surface area contributed by atoms with Crippen molar-refractivity contribution in [1.29, 1.82) is 0 Å². The van der Waals surface area contributed by atoms with Crippen molar-refractivity contribution in [1.82, 2.24) is 0 Å². The zero-order valence-corrected chi connectivity index (χ0v) is 5.88. The summed E-state index contributed by atoms with van der Waals surface area (Å²) in [5, 5.41) is 0. The van der Waals surface area contributed by atoms with Gasteiger partial charge in [-0.25, -0.2) is 4.79 Å². The number of allylic oxidation sites excluding steroid dienone is 1. The summed E-state index contributed by atoms with van der Waals surface area (Å²) in [5.41, 5.74) is 0. The smallest absolute Gasteiger partial charge is 0.403 e. The van der Waals surface area contributed by atoms with Gasteiger partial charge in [-0.05, 0) is 6.92 Å². The van der Waals surface area contributed by atoms with Crippen molar-refractivity contribution in [2.45, 2.75) is 13.8 Å². The molecule has 0 aliphatic heterocycles. The zero-order chi connectivity index (χ0) is 7.82. The van der Waals surface area contributed by atoms with Crippen molar-refractivity contribution in [3.05, 3.63) is 12.3 Å². The molecule has 0 aliphatic carbocycles. The predicted molar refractivity (Wildman–Crippen MR) is 35.8 cm³/mol. The van der Waals surface area contributed by atoms with Crippen molar-refractivity contribution < 1.29 is 14.3 Å². The van der Waals surface area contributed by atoms with Gasteiger partial charge in [0.05, 0.1) is 6.26 Å². The van der Waals surface area contributed by atoms with E-state index in [4.69, 9.17) is 0 Å². The van der Waals surface area contributed by atoms with Crippen molar-refractivity contribution in [3.63, 3.8) is 0 Å². The number of rotatable bonds is 1. The molecule has 0 unspecified atom stereocenters. The van der Waals surface area contributed by atoms with Gasteiger partial charge in [0.2, 0.25) is 0 Å². The molecule has 0 saturated heterocycles. The first-order valence-electron chi connectivity index (χ1n) is 2.71. The average Bonchev–Trinajstić information content (AvgIpc) is 1.97. The third-order valence-electron chi connectivity index (χ3n) is 0.537. The highest BCUT2D eigenvalue weighted by Crippen LogP contribution is 1.83. The lowest BCUT2D eigenvalue weighted by Crippen LogP contribution is -1.97. The molecule has 54 valence electrons. The molecule has 0 bridgehead atoms. The molecule has 0 atom stereocenters. The molecule has 0 heterocycles. The Bertz CT molecular complexity index is 183. The van der Waals surface area contributed by atoms with Crippen LogP contribution in [0.15, 0.2) is 12.3 Å². The molecule has 0 rings (SSSR count). The normalized spacial score (nSPS) is 8.20. The van der Waals surface area contributed by atoms with Gasteiger partial charge in [0.15, 0.2) is 0 Å². The van der Waals surface area contributed by atoms with Gasteiger partial charge in [0.25, 0.3) is 0 Å².